The molecule has 18 heavy (non-hydrogen) atoms. The number of halogens is 1. The van der Waals surface area contributed by atoms with Gasteiger partial charge < -0.3 is 9.84 Å². The summed E-state index contributed by atoms with van der Waals surface area (Å²) in [7, 11) is 0. The summed E-state index contributed by atoms with van der Waals surface area (Å²) >= 11 is 3.12. The molecule has 1 fully saturated rings. The molecular formula is C11H10BrNO5. The van der Waals surface area contributed by atoms with Crippen molar-refractivity contribution in [2.24, 2.45) is 5.92 Å². The molecule has 0 radical (unpaired) electrons. The first kappa shape index (κ1) is 12.8. The Morgan fingerprint density at radius 1 is 1.56 bits per heavy atom. The molecule has 7 heteroatoms. The fourth-order valence-electron chi connectivity index (χ4n) is 1.62. The van der Waals surface area contributed by atoms with Crippen LogP contribution in [0.1, 0.15) is 12.8 Å². The monoisotopic (exact) mass is 315 g/mol. The summed E-state index contributed by atoms with van der Waals surface area (Å²) in [5.41, 5.74) is -0.240. The van der Waals surface area contributed by atoms with E-state index in [2.05, 4.69) is 15.9 Å². The van der Waals surface area contributed by atoms with Crippen LogP contribution in [0.5, 0.6) is 5.75 Å². The van der Waals surface area contributed by atoms with Crippen molar-refractivity contribution in [3.63, 3.8) is 0 Å². The number of aliphatic carboxylic acids is 1. The Kier molecular flexibility index (Phi) is 3.51. The van der Waals surface area contributed by atoms with Crippen molar-refractivity contribution in [3.05, 3.63) is 32.8 Å². The third kappa shape index (κ3) is 2.79. The third-order valence-corrected chi connectivity index (χ3v) is 3.16. The summed E-state index contributed by atoms with van der Waals surface area (Å²) in [5, 5.41) is 19.9. The van der Waals surface area contributed by atoms with Gasteiger partial charge in [-0.25, -0.2) is 4.79 Å². The highest BCUT2D eigenvalue weighted by atomic mass is 79.9. The highest BCUT2D eigenvalue weighted by Crippen LogP contribution is 2.38. The molecule has 1 aromatic rings. The minimum absolute atomic E-state index is 0.0116. The SMILES string of the molecule is O=C(O)C(Oc1ccc(Br)cc1[N+](=O)[O-])C1CC1. The van der Waals surface area contributed by atoms with Crippen LogP contribution in [0.25, 0.3) is 0 Å². The summed E-state index contributed by atoms with van der Waals surface area (Å²) < 4.78 is 5.83. The van der Waals surface area contributed by atoms with E-state index in [1.807, 2.05) is 0 Å². The number of ether oxygens (including phenoxy) is 1. The average molecular weight is 316 g/mol. The molecule has 96 valence electrons. The minimum Gasteiger partial charge on any atom is -0.478 e. The van der Waals surface area contributed by atoms with Crippen LogP contribution in [-0.4, -0.2) is 22.1 Å². The topological polar surface area (TPSA) is 89.7 Å². The van der Waals surface area contributed by atoms with Crippen LogP contribution in [-0.2, 0) is 4.79 Å². The Balaban J connectivity index is 2.27. The van der Waals surface area contributed by atoms with Gasteiger partial charge in [0, 0.05) is 16.5 Å². The number of hydrogen-bond acceptors (Lipinski definition) is 4. The molecule has 0 aliphatic heterocycles. The van der Waals surface area contributed by atoms with Gasteiger partial charge in [0.1, 0.15) is 0 Å². The lowest BCUT2D eigenvalue weighted by atomic mass is 10.2. The molecular weight excluding hydrogens is 306 g/mol. The normalized spacial score (nSPS) is 16.1. The van der Waals surface area contributed by atoms with Crippen LogP contribution in [0.15, 0.2) is 22.7 Å². The van der Waals surface area contributed by atoms with E-state index < -0.39 is 17.0 Å². The fourth-order valence-corrected chi connectivity index (χ4v) is 1.97. The Bertz CT molecular complexity index is 500. The predicted octanol–water partition coefficient (Wildman–Crippen LogP) is 2.60. The van der Waals surface area contributed by atoms with Gasteiger partial charge in [-0.05, 0) is 25.0 Å². The molecule has 1 atom stereocenters. The molecule has 0 bridgehead atoms. The largest absolute Gasteiger partial charge is 0.478 e. The number of nitro groups is 1. The molecule has 1 aliphatic rings. The zero-order valence-electron chi connectivity index (χ0n) is 9.21. The number of nitro benzene ring substituents is 1. The van der Waals surface area contributed by atoms with Gasteiger partial charge in [-0.1, -0.05) is 15.9 Å². The van der Waals surface area contributed by atoms with Gasteiger partial charge in [0.2, 0.25) is 0 Å². The second kappa shape index (κ2) is 4.93. The number of benzene rings is 1. The Morgan fingerprint density at radius 3 is 2.72 bits per heavy atom. The van der Waals surface area contributed by atoms with Crippen molar-refractivity contribution < 1.29 is 19.6 Å². The second-order valence-corrected chi connectivity index (χ2v) is 5.00. The molecule has 0 spiro atoms. The number of rotatable bonds is 5. The third-order valence-electron chi connectivity index (χ3n) is 2.67. The van der Waals surface area contributed by atoms with E-state index in [0.29, 0.717) is 4.47 Å². The summed E-state index contributed by atoms with van der Waals surface area (Å²) in [6.07, 6.45) is 0.549. The molecule has 2 rings (SSSR count). The van der Waals surface area contributed by atoms with Gasteiger partial charge in [0.15, 0.2) is 11.9 Å². The maximum absolute atomic E-state index is 11.0. The quantitative estimate of drug-likeness (QED) is 0.666. The summed E-state index contributed by atoms with van der Waals surface area (Å²) in [6, 6.07) is 4.27. The van der Waals surface area contributed by atoms with Gasteiger partial charge in [-0.15, -0.1) is 0 Å². The van der Waals surface area contributed by atoms with Crippen LogP contribution in [0.3, 0.4) is 0 Å². The molecule has 0 amide bonds. The molecule has 1 unspecified atom stereocenters. The Labute approximate surface area is 111 Å². The van der Waals surface area contributed by atoms with Crippen molar-refractivity contribution in [1.82, 2.24) is 0 Å². The van der Waals surface area contributed by atoms with E-state index >= 15 is 0 Å². The maximum Gasteiger partial charge on any atom is 0.345 e. The van der Waals surface area contributed by atoms with Crippen molar-refractivity contribution in [3.8, 4) is 5.75 Å². The standard InChI is InChI=1S/C11H10BrNO5/c12-7-3-4-9(8(5-7)13(16)17)18-10(11(14)15)6-1-2-6/h3-6,10H,1-2H2,(H,14,15). The van der Waals surface area contributed by atoms with E-state index in [9.17, 15) is 14.9 Å². The number of carboxylic acids is 1. The Morgan fingerprint density at radius 2 is 2.22 bits per heavy atom. The van der Waals surface area contributed by atoms with Gasteiger partial charge >= 0.3 is 11.7 Å². The van der Waals surface area contributed by atoms with Crippen molar-refractivity contribution in [2.75, 3.05) is 0 Å². The predicted molar refractivity (Wildman–Crippen MR) is 65.6 cm³/mol. The van der Waals surface area contributed by atoms with Gasteiger partial charge in [0.25, 0.3) is 0 Å². The highest BCUT2D eigenvalue weighted by Gasteiger charge is 2.39. The van der Waals surface area contributed by atoms with Gasteiger partial charge in [-0.2, -0.15) is 0 Å². The smallest absolute Gasteiger partial charge is 0.345 e. The first-order valence-electron chi connectivity index (χ1n) is 5.32. The summed E-state index contributed by atoms with van der Waals surface area (Å²) in [6.45, 7) is 0. The maximum atomic E-state index is 11.0. The zero-order chi connectivity index (χ0) is 13.3. The molecule has 0 aromatic heterocycles. The van der Waals surface area contributed by atoms with Crippen LogP contribution in [0, 0.1) is 16.0 Å². The molecule has 0 heterocycles. The van der Waals surface area contributed by atoms with Crippen molar-refractivity contribution in [1.29, 1.82) is 0 Å². The Hall–Kier alpha value is -1.63. The molecule has 6 nitrogen and oxygen atoms in total. The van der Waals surface area contributed by atoms with Crippen LogP contribution in [0.2, 0.25) is 0 Å². The lowest BCUT2D eigenvalue weighted by molar-refractivity contribution is -0.386. The van der Waals surface area contributed by atoms with Crippen molar-refractivity contribution in [2.45, 2.75) is 18.9 Å². The van der Waals surface area contributed by atoms with E-state index in [-0.39, 0.29) is 17.4 Å². The second-order valence-electron chi connectivity index (χ2n) is 4.08. The fraction of sp³-hybridized carbons (Fsp3) is 0.364. The number of hydrogen-bond donors (Lipinski definition) is 1. The number of nitrogens with zero attached hydrogens (tertiary/aromatic N) is 1. The number of carboxylic acid groups (broad SMARTS) is 1. The lowest BCUT2D eigenvalue weighted by Crippen LogP contribution is -2.29. The molecule has 1 aliphatic carbocycles. The van der Waals surface area contributed by atoms with E-state index in [1.165, 1.54) is 12.1 Å². The molecule has 1 N–H and O–H groups in total. The van der Waals surface area contributed by atoms with E-state index in [0.717, 1.165) is 12.8 Å². The van der Waals surface area contributed by atoms with Gasteiger partial charge in [-0.3, -0.25) is 10.1 Å². The number of carbonyl (C=O) groups is 1. The average Bonchev–Trinajstić information content (AvgIpc) is 3.10. The highest BCUT2D eigenvalue weighted by molar-refractivity contribution is 9.10. The van der Waals surface area contributed by atoms with Gasteiger partial charge in [0.05, 0.1) is 4.92 Å². The molecule has 1 saturated carbocycles. The summed E-state index contributed by atoms with van der Waals surface area (Å²) in [4.78, 5) is 21.3. The van der Waals surface area contributed by atoms with Crippen molar-refractivity contribution >= 4 is 27.6 Å². The minimum atomic E-state index is -1.09. The molecule has 0 saturated heterocycles. The first-order valence-corrected chi connectivity index (χ1v) is 6.11. The van der Waals surface area contributed by atoms with E-state index in [1.54, 1.807) is 6.07 Å². The first-order chi connectivity index (χ1) is 8.49. The van der Waals surface area contributed by atoms with Crippen LogP contribution in [0.4, 0.5) is 5.69 Å². The van der Waals surface area contributed by atoms with Crippen LogP contribution >= 0.6 is 15.9 Å². The lowest BCUT2D eigenvalue weighted by Gasteiger charge is -2.14. The zero-order valence-corrected chi connectivity index (χ0v) is 10.8. The molecule has 1 aromatic carbocycles. The van der Waals surface area contributed by atoms with Crippen LogP contribution < -0.4 is 4.74 Å². The van der Waals surface area contributed by atoms with E-state index in [4.69, 9.17) is 9.84 Å². The summed E-state index contributed by atoms with van der Waals surface area (Å²) in [5.74, 6) is -1.15.